The molecule has 1 aromatic rings. The number of carbonyl (C=O) groups is 2. The quantitative estimate of drug-likeness (QED) is 0.772. The van der Waals surface area contributed by atoms with Crippen molar-refractivity contribution in [1.82, 2.24) is 0 Å². The number of nitrogen functional groups attached to an aromatic ring is 1. The number of aryl methyl sites for hydroxylation is 1. The molecule has 0 aliphatic heterocycles. The van der Waals surface area contributed by atoms with Gasteiger partial charge in [0.05, 0.1) is 11.4 Å². The number of amides is 2. The molecule has 0 atom stereocenters. The minimum absolute atomic E-state index is 0.219. The van der Waals surface area contributed by atoms with E-state index >= 15 is 0 Å². The van der Waals surface area contributed by atoms with Gasteiger partial charge >= 0.3 is 0 Å². The molecule has 5 heteroatoms. The summed E-state index contributed by atoms with van der Waals surface area (Å²) in [5, 5.41) is 0.492. The van der Waals surface area contributed by atoms with Crippen LogP contribution in [0.3, 0.4) is 0 Å². The highest BCUT2D eigenvalue weighted by Crippen LogP contribution is 2.32. The zero-order valence-corrected chi connectivity index (χ0v) is 15.4. The number of hydrogen-bond acceptors (Lipinski definition) is 3. The zero-order valence-electron chi connectivity index (χ0n) is 14.6. The number of hydrogen-bond donors (Lipinski definition) is 1. The Morgan fingerprint density at radius 2 is 1.78 bits per heavy atom. The molecule has 2 amide bonds. The Morgan fingerprint density at radius 3 is 2.26 bits per heavy atom. The van der Waals surface area contributed by atoms with E-state index in [1.165, 1.54) is 4.90 Å². The summed E-state index contributed by atoms with van der Waals surface area (Å²) in [6.07, 6.45) is 2.13. The van der Waals surface area contributed by atoms with Gasteiger partial charge in [0.25, 0.3) is 0 Å². The molecule has 2 N–H and O–H groups in total. The summed E-state index contributed by atoms with van der Waals surface area (Å²) in [5.74, 6) is -0.524. The molecule has 4 nitrogen and oxygen atoms in total. The predicted molar refractivity (Wildman–Crippen MR) is 96.6 cm³/mol. The molecule has 0 saturated heterocycles. The van der Waals surface area contributed by atoms with E-state index in [2.05, 4.69) is 0 Å². The van der Waals surface area contributed by atoms with Gasteiger partial charge in [-0.05, 0) is 30.5 Å². The van der Waals surface area contributed by atoms with Gasteiger partial charge in [-0.3, -0.25) is 9.59 Å². The number of halogens is 1. The van der Waals surface area contributed by atoms with Crippen molar-refractivity contribution in [3.05, 3.63) is 22.7 Å². The van der Waals surface area contributed by atoms with Crippen molar-refractivity contribution in [3.8, 4) is 0 Å². The summed E-state index contributed by atoms with van der Waals surface area (Å²) in [7, 11) is 0. The van der Waals surface area contributed by atoms with Crippen molar-refractivity contribution < 1.29 is 9.59 Å². The van der Waals surface area contributed by atoms with Crippen molar-refractivity contribution >= 4 is 34.8 Å². The lowest BCUT2D eigenvalue weighted by Crippen LogP contribution is -2.40. The highest BCUT2D eigenvalue weighted by Gasteiger charge is 2.28. The molecule has 0 unspecified atom stereocenters. The van der Waals surface area contributed by atoms with Crippen LogP contribution in [0.5, 0.6) is 0 Å². The first-order valence-electron chi connectivity index (χ1n) is 8.15. The van der Waals surface area contributed by atoms with Crippen LogP contribution < -0.4 is 10.6 Å². The number of anilines is 2. The summed E-state index contributed by atoms with van der Waals surface area (Å²) < 4.78 is 0. The first-order chi connectivity index (χ1) is 10.7. The van der Waals surface area contributed by atoms with Gasteiger partial charge in [-0.25, -0.2) is 4.90 Å². The van der Waals surface area contributed by atoms with Crippen LogP contribution in [0.25, 0.3) is 0 Å². The van der Waals surface area contributed by atoms with Gasteiger partial charge in [0.2, 0.25) is 11.8 Å². The molecule has 0 bridgehead atoms. The maximum Gasteiger partial charge on any atom is 0.236 e. The fraction of sp³-hybridized carbons (Fsp3) is 0.556. The standard InChI is InChI=1S/C18H27ClN2O2/c1-6-13(7-2)9-17(22)21(18(23)11(3)4)16-10-14(19)12(5)8-15(16)20/h8,10-11,13H,6-7,9,20H2,1-5H3. The van der Waals surface area contributed by atoms with Crippen LogP contribution in [0, 0.1) is 18.8 Å². The Labute approximate surface area is 144 Å². The van der Waals surface area contributed by atoms with Crippen LogP contribution in [-0.4, -0.2) is 11.8 Å². The molecule has 23 heavy (non-hydrogen) atoms. The van der Waals surface area contributed by atoms with E-state index in [-0.39, 0.29) is 23.7 Å². The fourth-order valence-corrected chi connectivity index (χ4v) is 2.59. The molecule has 0 fully saturated rings. The lowest BCUT2D eigenvalue weighted by molar-refractivity contribution is -0.128. The number of benzene rings is 1. The third-order valence-corrected chi connectivity index (χ3v) is 4.54. The summed E-state index contributed by atoms with van der Waals surface area (Å²) >= 11 is 6.17. The van der Waals surface area contributed by atoms with Gasteiger partial charge in [-0.15, -0.1) is 0 Å². The summed E-state index contributed by atoms with van der Waals surface area (Å²) in [6, 6.07) is 3.31. The van der Waals surface area contributed by atoms with Crippen molar-refractivity contribution in [2.75, 3.05) is 10.6 Å². The van der Waals surface area contributed by atoms with E-state index in [9.17, 15) is 9.59 Å². The molecule has 0 aromatic heterocycles. The van der Waals surface area contributed by atoms with Gasteiger partial charge in [-0.2, -0.15) is 0 Å². The number of nitrogens with two attached hydrogens (primary N) is 1. The smallest absolute Gasteiger partial charge is 0.236 e. The Bertz CT molecular complexity index is 581. The molecule has 0 aliphatic carbocycles. The van der Waals surface area contributed by atoms with Crippen LogP contribution in [0.1, 0.15) is 52.5 Å². The van der Waals surface area contributed by atoms with Gasteiger partial charge in [0.1, 0.15) is 0 Å². The maximum absolute atomic E-state index is 12.8. The van der Waals surface area contributed by atoms with Crippen molar-refractivity contribution in [3.63, 3.8) is 0 Å². The lowest BCUT2D eigenvalue weighted by atomic mass is 9.98. The summed E-state index contributed by atoms with van der Waals surface area (Å²) in [5.41, 5.74) is 7.65. The van der Waals surface area contributed by atoms with Gasteiger partial charge in [0.15, 0.2) is 0 Å². The summed E-state index contributed by atoms with van der Waals surface area (Å²) in [4.78, 5) is 26.6. The van der Waals surface area contributed by atoms with E-state index in [1.807, 2.05) is 20.8 Å². The summed E-state index contributed by atoms with van der Waals surface area (Å²) in [6.45, 7) is 9.47. The largest absolute Gasteiger partial charge is 0.397 e. The predicted octanol–water partition coefficient (Wildman–Crippen LogP) is 4.57. The SMILES string of the molecule is CCC(CC)CC(=O)N(C(=O)C(C)C)c1cc(Cl)c(C)cc1N. The zero-order chi connectivity index (χ0) is 17.7. The van der Waals surface area contributed by atoms with E-state index in [0.717, 1.165) is 18.4 Å². The molecule has 0 heterocycles. The van der Waals surface area contributed by atoms with Gasteiger partial charge in [-0.1, -0.05) is 52.1 Å². The molecular formula is C18H27ClN2O2. The van der Waals surface area contributed by atoms with Gasteiger partial charge < -0.3 is 5.73 Å². The molecule has 0 radical (unpaired) electrons. The Balaban J connectivity index is 3.29. The van der Waals surface area contributed by atoms with E-state index in [1.54, 1.807) is 26.0 Å². The molecule has 1 aromatic carbocycles. The average molecular weight is 339 g/mol. The van der Waals surface area contributed by atoms with Gasteiger partial charge in [0, 0.05) is 17.4 Å². The highest BCUT2D eigenvalue weighted by molar-refractivity contribution is 6.32. The Hall–Kier alpha value is -1.55. The van der Waals surface area contributed by atoms with Crippen LogP contribution >= 0.6 is 11.6 Å². The Kier molecular flexibility index (Phi) is 7.07. The van der Waals surface area contributed by atoms with Crippen molar-refractivity contribution in [1.29, 1.82) is 0 Å². The second-order valence-corrected chi connectivity index (χ2v) is 6.68. The van der Waals surface area contributed by atoms with Crippen molar-refractivity contribution in [2.24, 2.45) is 11.8 Å². The number of nitrogens with zero attached hydrogens (tertiary/aromatic N) is 1. The third kappa shape index (κ3) is 4.71. The first-order valence-corrected chi connectivity index (χ1v) is 8.53. The second kappa shape index (κ2) is 8.34. The minimum atomic E-state index is -0.305. The number of rotatable bonds is 6. The second-order valence-electron chi connectivity index (χ2n) is 6.27. The molecule has 0 spiro atoms. The van der Waals surface area contributed by atoms with Crippen LogP contribution in [0.15, 0.2) is 12.1 Å². The van der Waals surface area contributed by atoms with E-state index in [4.69, 9.17) is 17.3 Å². The maximum atomic E-state index is 12.8. The third-order valence-electron chi connectivity index (χ3n) is 4.13. The average Bonchev–Trinajstić information content (AvgIpc) is 2.49. The number of carbonyl (C=O) groups excluding carboxylic acids is 2. The molecular weight excluding hydrogens is 312 g/mol. The van der Waals surface area contributed by atoms with Crippen molar-refractivity contribution in [2.45, 2.75) is 53.9 Å². The van der Waals surface area contributed by atoms with E-state index < -0.39 is 0 Å². The topological polar surface area (TPSA) is 63.4 Å². The minimum Gasteiger partial charge on any atom is -0.397 e. The fourth-order valence-electron chi connectivity index (χ4n) is 2.44. The number of imide groups is 1. The first kappa shape index (κ1) is 19.5. The highest BCUT2D eigenvalue weighted by atomic mass is 35.5. The molecule has 128 valence electrons. The van der Waals surface area contributed by atoms with Crippen LogP contribution in [-0.2, 0) is 9.59 Å². The normalized spacial score (nSPS) is 11.1. The van der Waals surface area contributed by atoms with E-state index in [0.29, 0.717) is 22.8 Å². The van der Waals surface area contributed by atoms with Crippen LogP contribution in [0.4, 0.5) is 11.4 Å². The van der Waals surface area contributed by atoms with Crippen LogP contribution in [0.2, 0.25) is 5.02 Å². The lowest BCUT2D eigenvalue weighted by Gasteiger charge is -2.26. The molecule has 1 rings (SSSR count). The monoisotopic (exact) mass is 338 g/mol. The molecule has 0 saturated carbocycles. The molecule has 0 aliphatic rings. The Morgan fingerprint density at radius 1 is 1.22 bits per heavy atom.